The third-order valence-electron chi connectivity index (χ3n) is 4.27. The Labute approximate surface area is 137 Å². The largest absolute Gasteiger partial charge is 0.497 e. The molecule has 126 valence electrons. The topological polar surface area (TPSA) is 64.6 Å². The number of hydrogen-bond donors (Lipinski definition) is 1. The number of anilines is 1. The number of amides is 1. The summed E-state index contributed by atoms with van der Waals surface area (Å²) in [4.78, 5) is 23.9. The molecule has 0 aliphatic heterocycles. The Balaban J connectivity index is 1.73. The fourth-order valence-electron chi connectivity index (χ4n) is 2.85. The molecule has 0 saturated heterocycles. The summed E-state index contributed by atoms with van der Waals surface area (Å²) in [6, 6.07) is 7.00. The molecule has 1 aliphatic carbocycles. The van der Waals surface area contributed by atoms with Crippen LogP contribution in [0.5, 0.6) is 5.75 Å². The van der Waals surface area contributed by atoms with Crippen LogP contribution in [0.3, 0.4) is 0 Å². The molecular formula is C18H25NO4. The highest BCUT2D eigenvalue weighted by Gasteiger charge is 2.20. The third kappa shape index (κ3) is 5.58. The SMILES string of the molecule is COc1ccc(NC(=O)C(C)OC(=O)CCC2CCCC2)cc1. The van der Waals surface area contributed by atoms with Crippen molar-refractivity contribution in [1.82, 2.24) is 0 Å². The number of carbonyl (C=O) groups is 2. The number of esters is 1. The van der Waals surface area contributed by atoms with Gasteiger partial charge in [0.15, 0.2) is 6.10 Å². The highest BCUT2D eigenvalue weighted by molar-refractivity contribution is 5.95. The maximum atomic E-state index is 12.0. The zero-order chi connectivity index (χ0) is 16.7. The molecule has 0 heterocycles. The summed E-state index contributed by atoms with van der Waals surface area (Å²) in [5, 5.41) is 2.72. The lowest BCUT2D eigenvalue weighted by molar-refractivity contribution is -0.153. The van der Waals surface area contributed by atoms with E-state index >= 15 is 0 Å². The number of nitrogens with one attached hydrogen (secondary N) is 1. The van der Waals surface area contributed by atoms with Crippen molar-refractivity contribution in [2.75, 3.05) is 12.4 Å². The second-order valence-corrected chi connectivity index (χ2v) is 6.04. The molecular weight excluding hydrogens is 294 g/mol. The first-order chi connectivity index (χ1) is 11.1. The molecule has 0 radical (unpaired) electrons. The van der Waals surface area contributed by atoms with Crippen LogP contribution in [0.4, 0.5) is 5.69 Å². The van der Waals surface area contributed by atoms with Crippen molar-refractivity contribution in [3.8, 4) is 5.75 Å². The van der Waals surface area contributed by atoms with Gasteiger partial charge in [0, 0.05) is 12.1 Å². The lowest BCUT2D eigenvalue weighted by Gasteiger charge is -2.14. The fourth-order valence-corrected chi connectivity index (χ4v) is 2.85. The molecule has 1 fully saturated rings. The first-order valence-corrected chi connectivity index (χ1v) is 8.23. The summed E-state index contributed by atoms with van der Waals surface area (Å²) in [5.41, 5.74) is 0.643. The quantitative estimate of drug-likeness (QED) is 0.781. The van der Waals surface area contributed by atoms with Gasteiger partial charge < -0.3 is 14.8 Å². The van der Waals surface area contributed by atoms with Crippen LogP contribution in [-0.2, 0) is 14.3 Å². The minimum absolute atomic E-state index is 0.297. The maximum absolute atomic E-state index is 12.0. The van der Waals surface area contributed by atoms with E-state index in [-0.39, 0.29) is 11.9 Å². The summed E-state index contributed by atoms with van der Waals surface area (Å²) < 4.78 is 10.3. The highest BCUT2D eigenvalue weighted by Crippen LogP contribution is 2.28. The number of benzene rings is 1. The van der Waals surface area contributed by atoms with Gasteiger partial charge in [0.25, 0.3) is 5.91 Å². The Morgan fingerprint density at radius 3 is 2.48 bits per heavy atom. The number of ether oxygens (including phenoxy) is 2. The molecule has 2 rings (SSSR count). The van der Waals surface area contributed by atoms with Crippen molar-refractivity contribution in [1.29, 1.82) is 0 Å². The molecule has 1 N–H and O–H groups in total. The molecule has 1 aromatic rings. The van der Waals surface area contributed by atoms with E-state index in [1.807, 2.05) is 0 Å². The average Bonchev–Trinajstić information content (AvgIpc) is 3.07. The van der Waals surface area contributed by atoms with E-state index < -0.39 is 6.10 Å². The molecule has 1 atom stereocenters. The van der Waals surface area contributed by atoms with Gasteiger partial charge in [-0.1, -0.05) is 25.7 Å². The van der Waals surface area contributed by atoms with Crippen molar-refractivity contribution in [2.24, 2.45) is 5.92 Å². The van der Waals surface area contributed by atoms with E-state index in [2.05, 4.69) is 5.32 Å². The third-order valence-corrected chi connectivity index (χ3v) is 4.27. The van der Waals surface area contributed by atoms with Crippen LogP contribution in [0.15, 0.2) is 24.3 Å². The normalized spacial score (nSPS) is 15.9. The van der Waals surface area contributed by atoms with E-state index in [4.69, 9.17) is 9.47 Å². The summed E-state index contributed by atoms with van der Waals surface area (Å²) in [7, 11) is 1.58. The van der Waals surface area contributed by atoms with E-state index in [9.17, 15) is 9.59 Å². The molecule has 0 aromatic heterocycles. The van der Waals surface area contributed by atoms with Gasteiger partial charge in [0.1, 0.15) is 5.75 Å². The van der Waals surface area contributed by atoms with Gasteiger partial charge >= 0.3 is 5.97 Å². The molecule has 1 saturated carbocycles. The summed E-state index contributed by atoms with van der Waals surface area (Å²) in [6.07, 6.45) is 5.41. The maximum Gasteiger partial charge on any atom is 0.306 e. The van der Waals surface area contributed by atoms with Gasteiger partial charge in [0.05, 0.1) is 7.11 Å². The molecule has 1 aliphatic rings. The highest BCUT2D eigenvalue weighted by atomic mass is 16.5. The van der Waals surface area contributed by atoms with Crippen molar-refractivity contribution in [3.63, 3.8) is 0 Å². The van der Waals surface area contributed by atoms with Gasteiger partial charge in [-0.25, -0.2) is 0 Å². The second kappa shape index (κ2) is 8.56. The van der Waals surface area contributed by atoms with Gasteiger partial charge in [-0.3, -0.25) is 9.59 Å². The van der Waals surface area contributed by atoms with E-state index in [0.29, 0.717) is 18.0 Å². The summed E-state index contributed by atoms with van der Waals surface area (Å²) in [6.45, 7) is 1.59. The first-order valence-electron chi connectivity index (χ1n) is 8.23. The number of carbonyl (C=O) groups excluding carboxylic acids is 2. The van der Waals surface area contributed by atoms with E-state index in [1.54, 1.807) is 38.3 Å². The Morgan fingerprint density at radius 2 is 1.87 bits per heavy atom. The minimum Gasteiger partial charge on any atom is -0.497 e. The zero-order valence-electron chi connectivity index (χ0n) is 13.8. The van der Waals surface area contributed by atoms with Crippen molar-refractivity contribution in [2.45, 2.75) is 51.6 Å². The molecule has 5 nitrogen and oxygen atoms in total. The number of hydrogen-bond acceptors (Lipinski definition) is 4. The van der Waals surface area contributed by atoms with Gasteiger partial charge in [-0.05, 0) is 43.5 Å². The Bertz CT molecular complexity index is 520. The van der Waals surface area contributed by atoms with Crippen LogP contribution in [0.1, 0.15) is 45.4 Å². The monoisotopic (exact) mass is 319 g/mol. The Hall–Kier alpha value is -2.04. The van der Waals surface area contributed by atoms with Crippen LogP contribution < -0.4 is 10.1 Å². The van der Waals surface area contributed by atoms with Crippen LogP contribution in [0.25, 0.3) is 0 Å². The standard InChI is InChI=1S/C18H25NO4/c1-13(23-17(20)12-7-14-5-3-4-6-14)18(21)19-15-8-10-16(22-2)11-9-15/h8-11,13-14H,3-7,12H2,1-2H3,(H,19,21). The summed E-state index contributed by atoms with van der Waals surface area (Å²) in [5.74, 6) is 0.735. The van der Waals surface area contributed by atoms with E-state index in [1.165, 1.54) is 25.7 Å². The fraction of sp³-hybridized carbons (Fsp3) is 0.556. The predicted molar refractivity (Wildman–Crippen MR) is 88.4 cm³/mol. The lowest BCUT2D eigenvalue weighted by Crippen LogP contribution is -2.30. The van der Waals surface area contributed by atoms with Crippen LogP contribution >= 0.6 is 0 Å². The molecule has 0 spiro atoms. The molecule has 23 heavy (non-hydrogen) atoms. The number of methoxy groups -OCH3 is 1. The predicted octanol–water partition coefficient (Wildman–Crippen LogP) is 3.54. The number of rotatable bonds is 7. The van der Waals surface area contributed by atoms with Crippen LogP contribution in [-0.4, -0.2) is 25.1 Å². The first kappa shape index (κ1) is 17.3. The van der Waals surface area contributed by atoms with Crippen LogP contribution in [0.2, 0.25) is 0 Å². The van der Waals surface area contributed by atoms with Crippen molar-refractivity contribution >= 4 is 17.6 Å². The van der Waals surface area contributed by atoms with Gasteiger partial charge in [0.2, 0.25) is 0 Å². The average molecular weight is 319 g/mol. The minimum atomic E-state index is -0.798. The molecule has 0 bridgehead atoms. The van der Waals surface area contributed by atoms with Gasteiger partial charge in [-0.2, -0.15) is 0 Å². The second-order valence-electron chi connectivity index (χ2n) is 6.04. The van der Waals surface area contributed by atoms with Gasteiger partial charge in [-0.15, -0.1) is 0 Å². The Morgan fingerprint density at radius 1 is 1.22 bits per heavy atom. The smallest absolute Gasteiger partial charge is 0.306 e. The molecule has 5 heteroatoms. The van der Waals surface area contributed by atoms with Crippen molar-refractivity contribution < 1.29 is 19.1 Å². The van der Waals surface area contributed by atoms with Crippen LogP contribution in [0, 0.1) is 5.92 Å². The Kier molecular flexibility index (Phi) is 6.44. The zero-order valence-corrected chi connectivity index (χ0v) is 13.8. The molecule has 1 aromatic carbocycles. The van der Waals surface area contributed by atoms with E-state index in [0.717, 1.165) is 12.2 Å². The molecule has 1 unspecified atom stereocenters. The lowest BCUT2D eigenvalue weighted by atomic mass is 10.0. The van der Waals surface area contributed by atoms with Crippen molar-refractivity contribution in [3.05, 3.63) is 24.3 Å². The molecule has 1 amide bonds. The summed E-state index contributed by atoms with van der Waals surface area (Å²) >= 11 is 0.